The summed E-state index contributed by atoms with van der Waals surface area (Å²) in [6.07, 6.45) is 1.84. The summed E-state index contributed by atoms with van der Waals surface area (Å²) < 4.78 is 5.69. The molecule has 0 saturated carbocycles. The number of H-pyrrole nitrogens is 1. The Bertz CT molecular complexity index is 992. The van der Waals surface area contributed by atoms with E-state index in [-0.39, 0.29) is 5.91 Å². The Hall–Kier alpha value is -2.64. The average Bonchev–Trinajstić information content (AvgIpc) is 3.18. The second kappa shape index (κ2) is 6.93. The number of amides is 1. The fourth-order valence-corrected chi connectivity index (χ4v) is 3.97. The fraction of sp³-hybridized carbons (Fsp3) is 0.105. The predicted octanol–water partition coefficient (Wildman–Crippen LogP) is 3.97. The molecule has 1 N–H and O–H groups in total. The molecular weight excluding hydrogens is 366 g/mol. The third-order valence-corrected chi connectivity index (χ3v) is 5.41. The maximum Gasteiger partial charge on any atom is 0.266 e. The third kappa shape index (κ3) is 3.23. The predicted molar refractivity (Wildman–Crippen MR) is 108 cm³/mol. The molecule has 2 aromatic carbocycles. The first-order valence-corrected chi connectivity index (χ1v) is 9.19. The number of fused-ring (bicyclic) bond motifs is 1. The van der Waals surface area contributed by atoms with Gasteiger partial charge in [-0.3, -0.25) is 9.69 Å². The van der Waals surface area contributed by atoms with E-state index in [0.717, 1.165) is 22.3 Å². The van der Waals surface area contributed by atoms with Crippen molar-refractivity contribution in [3.8, 4) is 5.75 Å². The lowest BCUT2D eigenvalue weighted by molar-refractivity contribution is -0.122. The number of rotatable bonds is 4. The standard InChI is InChI=1S/C19H15N3O2S2/c1-24-13-8-6-12(7-9-13)10-16-18(23)22(19(25)26-16)11-17-20-14-4-2-3-5-15(14)21-17/h2-10H,11H2,1H3,(H,20,21)/b16-10-. The number of ether oxygens (including phenoxy) is 1. The number of aromatic nitrogens is 2. The normalized spacial score (nSPS) is 16.0. The number of carbonyl (C=O) groups is 1. The molecule has 5 nitrogen and oxygen atoms in total. The van der Waals surface area contributed by atoms with Crippen LogP contribution in [0.3, 0.4) is 0 Å². The molecular formula is C19H15N3O2S2. The van der Waals surface area contributed by atoms with Gasteiger partial charge >= 0.3 is 0 Å². The maximum atomic E-state index is 12.7. The molecule has 1 aliphatic rings. The minimum Gasteiger partial charge on any atom is -0.497 e. The lowest BCUT2D eigenvalue weighted by Crippen LogP contribution is -2.27. The SMILES string of the molecule is COc1ccc(/C=C2\SC(=S)N(Cc3nc4ccccc4[nH]3)C2=O)cc1. The Labute approximate surface area is 160 Å². The number of methoxy groups -OCH3 is 1. The van der Waals surface area contributed by atoms with Gasteiger partial charge in [-0.25, -0.2) is 4.98 Å². The first-order chi connectivity index (χ1) is 12.6. The zero-order valence-electron chi connectivity index (χ0n) is 13.9. The van der Waals surface area contributed by atoms with Crippen LogP contribution in [0.25, 0.3) is 17.1 Å². The van der Waals surface area contributed by atoms with Crippen LogP contribution in [0.4, 0.5) is 0 Å². The van der Waals surface area contributed by atoms with Gasteiger partial charge in [0.25, 0.3) is 5.91 Å². The Morgan fingerprint density at radius 2 is 2.00 bits per heavy atom. The van der Waals surface area contributed by atoms with Gasteiger partial charge in [0.05, 0.1) is 29.6 Å². The zero-order valence-corrected chi connectivity index (χ0v) is 15.6. The summed E-state index contributed by atoms with van der Waals surface area (Å²) >= 11 is 6.70. The maximum absolute atomic E-state index is 12.7. The molecule has 1 aliphatic heterocycles. The molecule has 0 radical (unpaired) electrons. The van der Waals surface area contributed by atoms with Crippen LogP contribution in [0, 0.1) is 0 Å². The number of benzene rings is 2. The summed E-state index contributed by atoms with van der Waals surface area (Å²) in [4.78, 5) is 22.7. The van der Waals surface area contributed by atoms with E-state index < -0.39 is 0 Å². The summed E-state index contributed by atoms with van der Waals surface area (Å²) in [6.45, 7) is 0.333. The number of para-hydroxylation sites is 2. The van der Waals surface area contributed by atoms with Crippen molar-refractivity contribution in [2.75, 3.05) is 7.11 Å². The molecule has 0 aliphatic carbocycles. The molecule has 0 atom stereocenters. The molecule has 4 rings (SSSR count). The van der Waals surface area contributed by atoms with Crippen molar-refractivity contribution in [3.63, 3.8) is 0 Å². The van der Waals surface area contributed by atoms with E-state index in [1.54, 1.807) is 12.0 Å². The van der Waals surface area contributed by atoms with E-state index >= 15 is 0 Å². The number of imidazole rings is 1. The molecule has 130 valence electrons. The third-order valence-electron chi connectivity index (χ3n) is 4.03. The number of carbonyl (C=O) groups excluding carboxylic acids is 1. The quantitative estimate of drug-likeness (QED) is 0.547. The first-order valence-electron chi connectivity index (χ1n) is 7.97. The van der Waals surface area contributed by atoms with Gasteiger partial charge < -0.3 is 9.72 Å². The molecule has 26 heavy (non-hydrogen) atoms. The summed E-state index contributed by atoms with van der Waals surface area (Å²) in [5.41, 5.74) is 2.75. The number of nitrogens with one attached hydrogen (secondary N) is 1. The smallest absolute Gasteiger partial charge is 0.266 e. The van der Waals surface area contributed by atoms with Crippen molar-refractivity contribution in [2.24, 2.45) is 0 Å². The van der Waals surface area contributed by atoms with Gasteiger partial charge in [0.1, 0.15) is 15.9 Å². The van der Waals surface area contributed by atoms with Crippen molar-refractivity contribution in [2.45, 2.75) is 6.54 Å². The highest BCUT2D eigenvalue weighted by Crippen LogP contribution is 2.33. The topological polar surface area (TPSA) is 58.2 Å². The van der Waals surface area contributed by atoms with Crippen molar-refractivity contribution < 1.29 is 9.53 Å². The van der Waals surface area contributed by atoms with Crippen LogP contribution >= 0.6 is 24.0 Å². The number of hydrogen-bond acceptors (Lipinski definition) is 5. The Balaban J connectivity index is 1.55. The molecule has 2 heterocycles. The Kier molecular flexibility index (Phi) is 4.48. The van der Waals surface area contributed by atoms with Crippen LogP contribution in [0.1, 0.15) is 11.4 Å². The van der Waals surface area contributed by atoms with E-state index in [1.165, 1.54) is 11.8 Å². The van der Waals surface area contributed by atoms with Crippen LogP contribution in [-0.4, -0.2) is 32.2 Å². The Morgan fingerprint density at radius 3 is 2.73 bits per heavy atom. The molecule has 1 amide bonds. The number of aromatic amines is 1. The highest BCUT2D eigenvalue weighted by molar-refractivity contribution is 8.26. The van der Waals surface area contributed by atoms with Crippen molar-refractivity contribution in [3.05, 3.63) is 64.8 Å². The first kappa shape index (κ1) is 16.8. The molecule has 1 aromatic heterocycles. The molecule has 0 spiro atoms. The van der Waals surface area contributed by atoms with Gasteiger partial charge in [0, 0.05) is 0 Å². The van der Waals surface area contributed by atoms with Gasteiger partial charge in [-0.05, 0) is 35.9 Å². The molecule has 1 fully saturated rings. The van der Waals surface area contributed by atoms with Gasteiger partial charge in [0.15, 0.2) is 0 Å². The Morgan fingerprint density at radius 1 is 1.23 bits per heavy atom. The second-order valence-corrected chi connectivity index (χ2v) is 7.42. The summed E-state index contributed by atoms with van der Waals surface area (Å²) in [5.74, 6) is 1.39. The van der Waals surface area contributed by atoms with Crippen LogP contribution in [0.15, 0.2) is 53.4 Å². The van der Waals surface area contributed by atoms with Gasteiger partial charge in [-0.15, -0.1) is 0 Å². The minimum absolute atomic E-state index is 0.101. The summed E-state index contributed by atoms with van der Waals surface area (Å²) in [6, 6.07) is 15.3. The highest BCUT2D eigenvalue weighted by atomic mass is 32.2. The van der Waals surface area contributed by atoms with Gasteiger partial charge in [-0.2, -0.15) is 0 Å². The molecule has 0 unspecified atom stereocenters. The fourth-order valence-electron chi connectivity index (χ4n) is 2.72. The van der Waals surface area contributed by atoms with Crippen LogP contribution < -0.4 is 4.74 Å². The zero-order chi connectivity index (χ0) is 18.1. The largest absolute Gasteiger partial charge is 0.497 e. The molecule has 0 bridgehead atoms. The number of thioether (sulfide) groups is 1. The summed E-state index contributed by atoms with van der Waals surface area (Å²) in [5, 5.41) is 0. The van der Waals surface area contributed by atoms with Gasteiger partial charge in [0.2, 0.25) is 0 Å². The number of nitrogens with zero attached hydrogens (tertiary/aromatic N) is 2. The molecule has 1 saturated heterocycles. The second-order valence-electron chi connectivity index (χ2n) is 5.74. The monoisotopic (exact) mass is 381 g/mol. The summed E-state index contributed by atoms with van der Waals surface area (Å²) in [7, 11) is 1.62. The lowest BCUT2D eigenvalue weighted by Gasteiger charge is -2.12. The van der Waals surface area contributed by atoms with Crippen LogP contribution in [0.2, 0.25) is 0 Å². The van der Waals surface area contributed by atoms with E-state index in [2.05, 4.69) is 9.97 Å². The highest BCUT2D eigenvalue weighted by Gasteiger charge is 2.32. The van der Waals surface area contributed by atoms with Crippen LogP contribution in [-0.2, 0) is 11.3 Å². The van der Waals surface area contributed by atoms with Crippen LogP contribution in [0.5, 0.6) is 5.75 Å². The van der Waals surface area contributed by atoms with E-state index in [9.17, 15) is 4.79 Å². The lowest BCUT2D eigenvalue weighted by atomic mass is 10.2. The molecule has 3 aromatic rings. The van der Waals surface area contributed by atoms with Crippen molar-refractivity contribution >= 4 is 51.3 Å². The van der Waals surface area contributed by atoms with E-state index in [1.807, 2.05) is 54.6 Å². The van der Waals surface area contributed by atoms with Crippen molar-refractivity contribution in [1.29, 1.82) is 0 Å². The molecule has 7 heteroatoms. The average molecular weight is 381 g/mol. The minimum atomic E-state index is -0.101. The van der Waals surface area contributed by atoms with E-state index in [0.29, 0.717) is 21.6 Å². The van der Waals surface area contributed by atoms with E-state index in [4.69, 9.17) is 17.0 Å². The van der Waals surface area contributed by atoms with Crippen molar-refractivity contribution in [1.82, 2.24) is 14.9 Å². The van der Waals surface area contributed by atoms with Gasteiger partial charge in [-0.1, -0.05) is 48.2 Å². The number of thiocarbonyl (C=S) groups is 1. The number of hydrogen-bond donors (Lipinski definition) is 1.